The van der Waals surface area contributed by atoms with Crippen LogP contribution in [0.2, 0.25) is 0 Å². The smallest absolute Gasteiger partial charge is 0.277 e. The number of aromatic amines is 1. The number of pyridine rings is 1. The van der Waals surface area contributed by atoms with Crippen molar-refractivity contribution >= 4 is 11.7 Å². The van der Waals surface area contributed by atoms with Gasteiger partial charge < -0.3 is 10.4 Å². The number of aliphatic hydroxyl groups is 1. The maximum absolute atomic E-state index is 11.8. The monoisotopic (exact) mass is 270 g/mol. The van der Waals surface area contributed by atoms with Crippen LogP contribution in [0.5, 0.6) is 0 Å². The molecule has 0 atom stereocenters. The lowest BCUT2D eigenvalue weighted by Crippen LogP contribution is -2.18. The number of carbonyl (C=O) groups is 1. The first-order chi connectivity index (χ1) is 9.69. The molecule has 0 radical (unpaired) electrons. The molecule has 0 saturated heterocycles. The van der Waals surface area contributed by atoms with E-state index in [0.29, 0.717) is 11.5 Å². The Kier molecular flexibility index (Phi) is 4.21. The fraction of sp³-hybridized carbons (Fsp3) is 0.0769. The number of aliphatic hydroxyl groups excluding tert-OH is 1. The van der Waals surface area contributed by atoms with Crippen molar-refractivity contribution in [3.63, 3.8) is 0 Å². The number of carbonyl (C=O) groups excluding carboxylic acids is 1. The second kappa shape index (κ2) is 6.26. The summed E-state index contributed by atoms with van der Waals surface area (Å²) in [4.78, 5) is 26.8. The molecule has 0 spiro atoms. The summed E-state index contributed by atoms with van der Waals surface area (Å²) in [6, 6.07) is 7.43. The van der Waals surface area contributed by atoms with E-state index in [1.807, 2.05) is 0 Å². The van der Waals surface area contributed by atoms with Crippen LogP contribution in [0.4, 0.5) is 5.82 Å². The Morgan fingerprint density at radius 1 is 1.35 bits per heavy atom. The summed E-state index contributed by atoms with van der Waals surface area (Å²) in [5.41, 5.74) is 0.102. The quantitative estimate of drug-likeness (QED) is 0.653. The predicted octanol–water partition coefficient (Wildman–Crippen LogP) is -0.239. The Hall–Kier alpha value is -2.98. The number of nitrogens with one attached hydrogen (secondary N) is 2. The molecule has 0 bridgehead atoms. The molecule has 7 nitrogen and oxygen atoms in total. The van der Waals surface area contributed by atoms with E-state index in [4.69, 9.17) is 5.11 Å². The number of anilines is 1. The third kappa shape index (κ3) is 3.51. The minimum Gasteiger partial charge on any atom is -0.384 e. The van der Waals surface area contributed by atoms with Crippen LogP contribution in [-0.4, -0.2) is 32.8 Å². The molecule has 100 valence electrons. The van der Waals surface area contributed by atoms with Gasteiger partial charge in [-0.1, -0.05) is 12.0 Å². The highest BCUT2D eigenvalue weighted by atomic mass is 16.2. The fourth-order valence-electron chi connectivity index (χ4n) is 1.36. The van der Waals surface area contributed by atoms with Gasteiger partial charge in [-0.3, -0.25) is 9.59 Å². The zero-order chi connectivity index (χ0) is 14.4. The standard InChI is InChI=1S/C13H10N4O3/c18-8-2-4-9-3-1-5-11(14-9)15-13(20)10-6-7-12(19)17-16-10/h1,3,5-7,18H,8H2,(H,17,19)(H,14,15,20). The molecule has 2 rings (SSSR count). The summed E-state index contributed by atoms with van der Waals surface area (Å²) in [7, 11) is 0. The van der Waals surface area contributed by atoms with E-state index in [1.165, 1.54) is 12.1 Å². The van der Waals surface area contributed by atoms with E-state index in [9.17, 15) is 9.59 Å². The SMILES string of the molecule is O=C(Nc1cccc(C#CCO)n1)c1ccc(=O)[nH]n1. The molecular formula is C13H10N4O3. The molecule has 0 unspecified atom stereocenters. The third-order valence-corrected chi connectivity index (χ3v) is 2.20. The molecule has 0 aliphatic rings. The first-order valence-electron chi connectivity index (χ1n) is 5.63. The highest BCUT2D eigenvalue weighted by molar-refractivity contribution is 6.02. The molecule has 0 aliphatic heterocycles. The number of nitrogens with zero attached hydrogens (tertiary/aromatic N) is 2. The summed E-state index contributed by atoms with van der Waals surface area (Å²) in [5.74, 6) is 4.89. The van der Waals surface area contributed by atoms with Gasteiger partial charge in [0, 0.05) is 6.07 Å². The van der Waals surface area contributed by atoms with Crippen molar-refractivity contribution in [3.05, 3.63) is 52.1 Å². The van der Waals surface area contributed by atoms with Crippen LogP contribution in [0.3, 0.4) is 0 Å². The van der Waals surface area contributed by atoms with Crippen molar-refractivity contribution in [2.75, 3.05) is 11.9 Å². The van der Waals surface area contributed by atoms with E-state index in [2.05, 4.69) is 32.3 Å². The van der Waals surface area contributed by atoms with Gasteiger partial charge in [-0.05, 0) is 24.1 Å². The van der Waals surface area contributed by atoms with Crippen LogP contribution < -0.4 is 10.9 Å². The van der Waals surface area contributed by atoms with Gasteiger partial charge in [0.25, 0.3) is 11.5 Å². The van der Waals surface area contributed by atoms with Crippen LogP contribution in [0.1, 0.15) is 16.2 Å². The van der Waals surface area contributed by atoms with E-state index in [-0.39, 0.29) is 17.9 Å². The first kappa shape index (κ1) is 13.5. The molecule has 0 saturated carbocycles. The van der Waals surface area contributed by atoms with Crippen molar-refractivity contribution in [3.8, 4) is 11.8 Å². The minimum atomic E-state index is -0.499. The summed E-state index contributed by atoms with van der Waals surface area (Å²) in [6.07, 6.45) is 0. The molecule has 2 aromatic heterocycles. The maximum atomic E-state index is 11.8. The number of hydrogen-bond donors (Lipinski definition) is 3. The molecule has 3 N–H and O–H groups in total. The Morgan fingerprint density at radius 2 is 2.20 bits per heavy atom. The van der Waals surface area contributed by atoms with Gasteiger partial charge in [0.05, 0.1) is 0 Å². The molecule has 0 fully saturated rings. The first-order valence-corrected chi connectivity index (χ1v) is 5.63. The topological polar surface area (TPSA) is 108 Å². The molecule has 20 heavy (non-hydrogen) atoms. The van der Waals surface area contributed by atoms with Crippen LogP contribution in [-0.2, 0) is 0 Å². The van der Waals surface area contributed by atoms with E-state index < -0.39 is 5.91 Å². The number of hydrogen-bond acceptors (Lipinski definition) is 5. The number of aromatic nitrogens is 3. The van der Waals surface area contributed by atoms with Gasteiger partial charge in [-0.15, -0.1) is 0 Å². The van der Waals surface area contributed by atoms with Crippen LogP contribution in [0, 0.1) is 11.8 Å². The zero-order valence-electron chi connectivity index (χ0n) is 10.3. The fourth-order valence-corrected chi connectivity index (χ4v) is 1.36. The second-order valence-electron chi connectivity index (χ2n) is 3.63. The third-order valence-electron chi connectivity index (χ3n) is 2.20. The Balaban J connectivity index is 2.15. The Bertz CT molecular complexity index is 723. The van der Waals surface area contributed by atoms with Crippen LogP contribution >= 0.6 is 0 Å². The Morgan fingerprint density at radius 3 is 2.90 bits per heavy atom. The molecule has 2 heterocycles. The summed E-state index contributed by atoms with van der Waals surface area (Å²) in [6.45, 7) is -0.264. The van der Waals surface area contributed by atoms with E-state index in [0.717, 1.165) is 0 Å². The molecule has 1 amide bonds. The number of rotatable bonds is 2. The highest BCUT2D eigenvalue weighted by Crippen LogP contribution is 2.05. The normalized spacial score (nSPS) is 9.45. The van der Waals surface area contributed by atoms with Crippen molar-refractivity contribution in [1.82, 2.24) is 15.2 Å². The van der Waals surface area contributed by atoms with Gasteiger partial charge in [0.2, 0.25) is 0 Å². The van der Waals surface area contributed by atoms with Crippen LogP contribution in [0.15, 0.2) is 35.1 Å². The van der Waals surface area contributed by atoms with Crippen molar-refractivity contribution in [1.29, 1.82) is 0 Å². The van der Waals surface area contributed by atoms with Gasteiger partial charge in [-0.25, -0.2) is 10.1 Å². The molecule has 0 aromatic carbocycles. The lowest BCUT2D eigenvalue weighted by molar-refractivity contribution is 0.102. The average Bonchev–Trinajstić information content (AvgIpc) is 2.46. The summed E-state index contributed by atoms with van der Waals surface area (Å²) >= 11 is 0. The summed E-state index contributed by atoms with van der Waals surface area (Å²) < 4.78 is 0. The van der Waals surface area contributed by atoms with E-state index >= 15 is 0 Å². The average molecular weight is 270 g/mol. The highest BCUT2D eigenvalue weighted by Gasteiger charge is 2.08. The molecule has 2 aromatic rings. The van der Waals surface area contributed by atoms with Crippen molar-refractivity contribution in [2.45, 2.75) is 0 Å². The van der Waals surface area contributed by atoms with Gasteiger partial charge >= 0.3 is 0 Å². The predicted molar refractivity (Wildman–Crippen MR) is 71.0 cm³/mol. The minimum absolute atomic E-state index is 0.0678. The Labute approximate surface area is 113 Å². The largest absolute Gasteiger partial charge is 0.384 e. The maximum Gasteiger partial charge on any atom is 0.277 e. The van der Waals surface area contributed by atoms with Crippen molar-refractivity contribution in [2.24, 2.45) is 0 Å². The van der Waals surface area contributed by atoms with Gasteiger partial charge in [0.15, 0.2) is 0 Å². The van der Waals surface area contributed by atoms with Crippen molar-refractivity contribution < 1.29 is 9.90 Å². The van der Waals surface area contributed by atoms with E-state index in [1.54, 1.807) is 18.2 Å². The zero-order valence-corrected chi connectivity index (χ0v) is 10.3. The lowest BCUT2D eigenvalue weighted by atomic mass is 10.3. The van der Waals surface area contributed by atoms with Gasteiger partial charge in [-0.2, -0.15) is 5.10 Å². The molecular weight excluding hydrogens is 260 g/mol. The second-order valence-corrected chi connectivity index (χ2v) is 3.63. The molecule has 7 heteroatoms. The number of amides is 1. The summed E-state index contributed by atoms with van der Waals surface area (Å²) in [5, 5.41) is 16.9. The van der Waals surface area contributed by atoms with Gasteiger partial charge in [0.1, 0.15) is 23.8 Å². The number of H-pyrrole nitrogens is 1. The lowest BCUT2D eigenvalue weighted by Gasteiger charge is -2.03. The molecule has 0 aliphatic carbocycles. The van der Waals surface area contributed by atoms with Crippen LogP contribution in [0.25, 0.3) is 0 Å².